The zero-order valence-electron chi connectivity index (χ0n) is 18.1. The van der Waals surface area contributed by atoms with Crippen molar-refractivity contribution < 1.29 is 14.1 Å². The minimum atomic E-state index is -0.767. The summed E-state index contributed by atoms with van der Waals surface area (Å²) in [7, 11) is 1.98. The van der Waals surface area contributed by atoms with E-state index in [1.807, 2.05) is 81.6 Å². The van der Waals surface area contributed by atoms with Crippen LogP contribution in [0.3, 0.4) is 0 Å². The molecule has 0 fully saturated rings. The van der Waals surface area contributed by atoms with Gasteiger partial charge in [0.2, 0.25) is 12.1 Å². The van der Waals surface area contributed by atoms with Crippen LogP contribution in [0.15, 0.2) is 84.5 Å². The van der Waals surface area contributed by atoms with E-state index in [1.165, 1.54) is 0 Å². The Kier molecular flexibility index (Phi) is 6.68. The van der Waals surface area contributed by atoms with Gasteiger partial charge >= 0.3 is 5.91 Å². The van der Waals surface area contributed by atoms with Gasteiger partial charge in [0.05, 0.1) is 13.5 Å². The summed E-state index contributed by atoms with van der Waals surface area (Å²) in [6.45, 7) is 5.03. The number of allylic oxidation sites excluding steroid dienone is 2. The second-order valence-corrected chi connectivity index (χ2v) is 8.16. The first-order valence-electron chi connectivity index (χ1n) is 10.5. The van der Waals surface area contributed by atoms with Crippen molar-refractivity contribution in [2.24, 2.45) is 0 Å². The maximum atomic E-state index is 14.0. The number of amides is 2. The fraction of sp³-hybridized carbons (Fsp3) is 0.308. The summed E-state index contributed by atoms with van der Waals surface area (Å²) in [6.07, 6.45) is 8.06. The smallest absolute Gasteiger partial charge is 0.289 e. The van der Waals surface area contributed by atoms with E-state index in [0.717, 1.165) is 23.1 Å². The van der Waals surface area contributed by atoms with Crippen molar-refractivity contribution in [1.82, 2.24) is 4.90 Å². The summed E-state index contributed by atoms with van der Waals surface area (Å²) < 4.78 is 0.0974. The number of quaternary nitrogens is 1. The van der Waals surface area contributed by atoms with E-state index in [2.05, 4.69) is 18.2 Å². The number of carbonyl (C=O) groups is 2. The van der Waals surface area contributed by atoms with Gasteiger partial charge in [-0.1, -0.05) is 72.8 Å². The van der Waals surface area contributed by atoms with Crippen LogP contribution >= 0.6 is 0 Å². The summed E-state index contributed by atoms with van der Waals surface area (Å²) in [5.41, 5.74) is 2.35. The Morgan fingerprint density at radius 2 is 1.67 bits per heavy atom. The summed E-state index contributed by atoms with van der Waals surface area (Å²) in [5.74, 6) is 0.0877. The van der Waals surface area contributed by atoms with Crippen molar-refractivity contribution in [3.8, 4) is 0 Å². The van der Waals surface area contributed by atoms with Crippen LogP contribution in [0.25, 0.3) is 0 Å². The van der Waals surface area contributed by atoms with Gasteiger partial charge in [-0.05, 0) is 25.0 Å². The Labute approximate surface area is 179 Å². The molecule has 0 heterocycles. The third-order valence-corrected chi connectivity index (χ3v) is 6.17. The van der Waals surface area contributed by atoms with Gasteiger partial charge in [-0.2, -0.15) is 0 Å². The average Bonchev–Trinajstić information content (AvgIpc) is 2.76. The Morgan fingerprint density at radius 1 is 1.07 bits per heavy atom. The van der Waals surface area contributed by atoms with Gasteiger partial charge in [-0.15, -0.1) is 0 Å². The molecule has 0 N–H and O–H groups in total. The molecule has 30 heavy (non-hydrogen) atoms. The first-order valence-corrected chi connectivity index (χ1v) is 10.5. The molecule has 0 saturated heterocycles. The molecule has 0 bridgehead atoms. The third-order valence-electron chi connectivity index (χ3n) is 6.17. The molecule has 3 rings (SSSR count). The number of rotatable bonds is 8. The number of benzene rings is 2. The fourth-order valence-electron chi connectivity index (χ4n) is 4.49. The molecule has 2 aromatic carbocycles. The maximum absolute atomic E-state index is 14.0. The number of carbonyl (C=O) groups excluding carboxylic acids is 2. The molecule has 156 valence electrons. The van der Waals surface area contributed by atoms with Crippen LogP contribution in [-0.2, 0) is 22.6 Å². The molecule has 2 amide bonds. The molecule has 4 nitrogen and oxygen atoms in total. The minimum absolute atomic E-state index is 0.0877. The molecule has 2 unspecified atom stereocenters. The molecular weight excluding hydrogens is 372 g/mol. The van der Waals surface area contributed by atoms with Gasteiger partial charge in [-0.25, -0.2) is 9.28 Å². The molecule has 2 aromatic rings. The van der Waals surface area contributed by atoms with Crippen molar-refractivity contribution in [2.75, 3.05) is 13.6 Å². The molecule has 2 atom stereocenters. The van der Waals surface area contributed by atoms with Crippen LogP contribution in [0, 0.1) is 0 Å². The average molecular weight is 404 g/mol. The zero-order valence-corrected chi connectivity index (χ0v) is 18.1. The first-order chi connectivity index (χ1) is 14.4. The Balaban J connectivity index is 2.14. The van der Waals surface area contributed by atoms with Crippen LogP contribution in [-0.4, -0.2) is 41.0 Å². The van der Waals surface area contributed by atoms with E-state index in [1.54, 1.807) is 4.90 Å². The van der Waals surface area contributed by atoms with Crippen LogP contribution in [0.2, 0.25) is 0 Å². The van der Waals surface area contributed by atoms with Crippen molar-refractivity contribution in [3.05, 3.63) is 95.6 Å². The van der Waals surface area contributed by atoms with Crippen LogP contribution in [0.1, 0.15) is 31.4 Å². The second-order valence-electron chi connectivity index (χ2n) is 8.16. The van der Waals surface area contributed by atoms with E-state index < -0.39 is 5.66 Å². The first kappa shape index (κ1) is 21.7. The van der Waals surface area contributed by atoms with Crippen molar-refractivity contribution in [1.29, 1.82) is 0 Å². The molecule has 0 aliphatic heterocycles. The van der Waals surface area contributed by atoms with Gasteiger partial charge in [0.1, 0.15) is 6.54 Å². The fourth-order valence-corrected chi connectivity index (χ4v) is 4.49. The van der Waals surface area contributed by atoms with Crippen molar-refractivity contribution in [2.45, 2.75) is 38.9 Å². The zero-order chi connectivity index (χ0) is 21.6. The molecule has 0 radical (unpaired) electrons. The number of hydrogen-bond donors (Lipinski definition) is 0. The predicted octanol–water partition coefficient (Wildman–Crippen LogP) is 4.48. The van der Waals surface area contributed by atoms with E-state index in [0.29, 0.717) is 25.9 Å². The van der Waals surface area contributed by atoms with Gasteiger partial charge < -0.3 is 0 Å². The molecule has 4 heteroatoms. The normalized spacial score (nSPS) is 20.2. The Morgan fingerprint density at radius 3 is 2.20 bits per heavy atom. The van der Waals surface area contributed by atoms with Gasteiger partial charge in [-0.3, -0.25) is 9.69 Å². The number of likely N-dealkylation sites (N-methyl/N-ethyl adjacent to an activating group) is 2. The van der Waals surface area contributed by atoms with Crippen LogP contribution < -0.4 is 0 Å². The highest BCUT2D eigenvalue weighted by atomic mass is 16.2. The quantitative estimate of drug-likeness (QED) is 0.370. The van der Waals surface area contributed by atoms with Crippen molar-refractivity contribution in [3.63, 3.8) is 0 Å². The topological polar surface area (TPSA) is 37.4 Å². The number of hydrogen-bond acceptors (Lipinski definition) is 2. The molecule has 0 saturated carbocycles. The second kappa shape index (κ2) is 9.23. The monoisotopic (exact) mass is 403 g/mol. The lowest BCUT2D eigenvalue weighted by molar-refractivity contribution is -0.905. The summed E-state index contributed by atoms with van der Waals surface area (Å²) in [6, 6.07) is 19.9. The van der Waals surface area contributed by atoms with E-state index in [9.17, 15) is 9.59 Å². The molecule has 0 spiro atoms. The summed E-state index contributed by atoms with van der Waals surface area (Å²) >= 11 is 0. The Bertz CT molecular complexity index is 936. The van der Waals surface area contributed by atoms with E-state index in [4.69, 9.17) is 0 Å². The lowest BCUT2D eigenvalue weighted by Crippen LogP contribution is -2.71. The highest BCUT2D eigenvalue weighted by molar-refractivity contribution is 5.73. The van der Waals surface area contributed by atoms with E-state index >= 15 is 0 Å². The lowest BCUT2D eigenvalue weighted by Gasteiger charge is -2.52. The van der Waals surface area contributed by atoms with Gasteiger partial charge in [0.25, 0.3) is 0 Å². The maximum Gasteiger partial charge on any atom is 0.320 e. The van der Waals surface area contributed by atoms with Gasteiger partial charge in [0, 0.05) is 24.6 Å². The Hall–Kier alpha value is -2.98. The summed E-state index contributed by atoms with van der Waals surface area (Å²) in [5, 5.41) is 0. The molecule has 1 aliphatic carbocycles. The largest absolute Gasteiger partial charge is 0.320 e. The third kappa shape index (κ3) is 4.14. The summed E-state index contributed by atoms with van der Waals surface area (Å²) in [4.78, 5) is 27.9. The highest BCUT2D eigenvalue weighted by Gasteiger charge is 2.55. The lowest BCUT2D eigenvalue weighted by atomic mass is 9.89. The van der Waals surface area contributed by atoms with E-state index in [-0.39, 0.29) is 10.4 Å². The predicted molar refractivity (Wildman–Crippen MR) is 120 cm³/mol. The van der Waals surface area contributed by atoms with Crippen LogP contribution in [0.4, 0.5) is 0 Å². The minimum Gasteiger partial charge on any atom is -0.289 e. The highest BCUT2D eigenvalue weighted by Crippen LogP contribution is 2.38. The molecule has 1 aliphatic rings. The SMILES string of the molecule is CCN(C=O)C1([N+](C)(Cc2ccccc2)C(=O)Cc2ccccc2)C=C(C)C=CC1. The van der Waals surface area contributed by atoms with Gasteiger partial charge in [0.15, 0.2) is 0 Å². The standard InChI is InChI=1S/C26H31N2O2/c1-4-27(21-29)26(17-11-12-22(2)19-26)28(3,20-24-15-9-6-10-16-24)25(30)18-23-13-7-5-8-14-23/h5-16,19,21H,4,17-18,20H2,1-3H3/q+1. The van der Waals surface area contributed by atoms with Crippen molar-refractivity contribution >= 4 is 12.3 Å². The molecule has 0 aromatic heterocycles. The number of nitrogens with zero attached hydrogens (tertiary/aromatic N) is 2. The molecular formula is C26H31N2O2+. The van der Waals surface area contributed by atoms with Crippen LogP contribution in [0.5, 0.6) is 0 Å².